The summed E-state index contributed by atoms with van der Waals surface area (Å²) in [5.41, 5.74) is 2.64. The largest absolute Gasteiger partial charge is 0.491 e. The van der Waals surface area contributed by atoms with E-state index in [-0.39, 0.29) is 12.0 Å². The summed E-state index contributed by atoms with van der Waals surface area (Å²) in [5, 5.41) is 0.670. The third-order valence-electron chi connectivity index (χ3n) is 5.86. The number of halogens is 1. The highest BCUT2D eigenvalue weighted by Gasteiger charge is 2.54. The van der Waals surface area contributed by atoms with Gasteiger partial charge in [-0.05, 0) is 35.4 Å². The standard InChI is InChI=1S/C25H22ClNO3/c26-21-10-12-22(13-11-21)29-17-23-16-27-24(28)14-15-25(27,30-23)20-8-6-19(7-9-20)18-4-2-1-3-5-18/h1-13,23H,14-17H2/t23-,25+/m0/s1. The zero-order valence-electron chi connectivity index (χ0n) is 16.5. The Morgan fingerprint density at radius 1 is 0.967 bits per heavy atom. The van der Waals surface area contributed by atoms with Crippen molar-refractivity contribution in [2.24, 2.45) is 0 Å². The Hall–Kier alpha value is -2.82. The van der Waals surface area contributed by atoms with Gasteiger partial charge in [-0.1, -0.05) is 66.2 Å². The highest BCUT2D eigenvalue weighted by Crippen LogP contribution is 2.46. The molecule has 0 N–H and O–H groups in total. The van der Waals surface area contributed by atoms with Crippen LogP contribution in [0.3, 0.4) is 0 Å². The van der Waals surface area contributed by atoms with E-state index in [9.17, 15) is 4.79 Å². The number of benzene rings is 3. The molecule has 0 spiro atoms. The molecule has 0 bridgehead atoms. The van der Waals surface area contributed by atoms with E-state index < -0.39 is 5.72 Å². The highest BCUT2D eigenvalue weighted by molar-refractivity contribution is 6.30. The maximum Gasteiger partial charge on any atom is 0.225 e. The van der Waals surface area contributed by atoms with Gasteiger partial charge in [-0.25, -0.2) is 0 Å². The molecule has 5 heteroatoms. The molecule has 0 radical (unpaired) electrons. The quantitative estimate of drug-likeness (QED) is 0.566. The lowest BCUT2D eigenvalue weighted by Crippen LogP contribution is -2.38. The normalized spacial score (nSPS) is 22.9. The van der Waals surface area contributed by atoms with Crippen molar-refractivity contribution in [2.45, 2.75) is 24.7 Å². The SMILES string of the molecule is O=C1CC[C@]2(c3ccc(-c4ccccc4)cc3)O[C@H](COc3ccc(Cl)cc3)CN12. The number of hydrogen-bond donors (Lipinski definition) is 0. The van der Waals surface area contributed by atoms with Crippen molar-refractivity contribution in [3.05, 3.63) is 89.4 Å². The van der Waals surface area contributed by atoms with Crippen LogP contribution < -0.4 is 4.74 Å². The Labute approximate surface area is 181 Å². The number of amides is 1. The Morgan fingerprint density at radius 2 is 1.67 bits per heavy atom. The maximum absolute atomic E-state index is 12.6. The van der Waals surface area contributed by atoms with E-state index >= 15 is 0 Å². The van der Waals surface area contributed by atoms with Gasteiger partial charge in [-0.3, -0.25) is 4.79 Å². The van der Waals surface area contributed by atoms with Crippen LogP contribution in [0.4, 0.5) is 0 Å². The Bertz CT molecular complexity index is 1040. The molecule has 2 heterocycles. The van der Waals surface area contributed by atoms with Gasteiger partial charge in [0.15, 0.2) is 5.72 Å². The predicted octanol–water partition coefficient (Wildman–Crippen LogP) is 5.26. The van der Waals surface area contributed by atoms with Crippen LogP contribution in [0.5, 0.6) is 5.75 Å². The number of rotatable bonds is 5. The fourth-order valence-electron chi connectivity index (χ4n) is 4.36. The first-order valence-corrected chi connectivity index (χ1v) is 10.5. The van der Waals surface area contributed by atoms with Crippen molar-refractivity contribution in [2.75, 3.05) is 13.2 Å². The molecule has 0 unspecified atom stereocenters. The molecule has 0 saturated carbocycles. The van der Waals surface area contributed by atoms with Crippen molar-refractivity contribution in [1.29, 1.82) is 0 Å². The average Bonchev–Trinajstić information content (AvgIpc) is 3.32. The third-order valence-corrected chi connectivity index (χ3v) is 6.11. The summed E-state index contributed by atoms with van der Waals surface area (Å²) in [6, 6.07) is 25.9. The minimum Gasteiger partial charge on any atom is -0.491 e. The predicted molar refractivity (Wildman–Crippen MR) is 116 cm³/mol. The van der Waals surface area contributed by atoms with Crippen molar-refractivity contribution in [3.63, 3.8) is 0 Å². The minimum absolute atomic E-state index is 0.135. The fourth-order valence-corrected chi connectivity index (χ4v) is 4.49. The van der Waals surface area contributed by atoms with E-state index in [1.807, 2.05) is 35.2 Å². The van der Waals surface area contributed by atoms with Gasteiger partial charge in [-0.15, -0.1) is 0 Å². The van der Waals surface area contributed by atoms with E-state index in [2.05, 4.69) is 36.4 Å². The summed E-state index contributed by atoms with van der Waals surface area (Å²) >= 11 is 5.93. The van der Waals surface area contributed by atoms with Gasteiger partial charge in [-0.2, -0.15) is 0 Å². The lowest BCUT2D eigenvalue weighted by molar-refractivity contribution is -0.140. The summed E-state index contributed by atoms with van der Waals surface area (Å²) in [6.45, 7) is 0.919. The van der Waals surface area contributed by atoms with Gasteiger partial charge < -0.3 is 14.4 Å². The summed E-state index contributed by atoms with van der Waals surface area (Å²) in [5.74, 6) is 0.874. The van der Waals surface area contributed by atoms with Crippen molar-refractivity contribution >= 4 is 17.5 Å². The van der Waals surface area contributed by atoms with E-state index in [1.165, 1.54) is 5.56 Å². The van der Waals surface area contributed by atoms with Gasteiger partial charge in [0.1, 0.15) is 18.5 Å². The lowest BCUT2D eigenvalue weighted by atomic mass is 9.97. The van der Waals surface area contributed by atoms with Gasteiger partial charge in [0.25, 0.3) is 0 Å². The summed E-state index contributed by atoms with van der Waals surface area (Å²) in [7, 11) is 0. The average molecular weight is 420 g/mol. The zero-order valence-corrected chi connectivity index (χ0v) is 17.2. The first-order chi connectivity index (χ1) is 14.6. The fraction of sp³-hybridized carbons (Fsp3) is 0.240. The van der Waals surface area contributed by atoms with Crippen molar-refractivity contribution < 1.29 is 14.3 Å². The molecule has 1 amide bonds. The van der Waals surface area contributed by atoms with Crippen LogP contribution in [0.25, 0.3) is 11.1 Å². The molecule has 3 aromatic carbocycles. The van der Waals surface area contributed by atoms with E-state index in [4.69, 9.17) is 21.1 Å². The summed E-state index contributed by atoms with van der Waals surface area (Å²) in [4.78, 5) is 14.4. The highest BCUT2D eigenvalue weighted by atomic mass is 35.5. The summed E-state index contributed by atoms with van der Waals surface area (Å²) in [6.07, 6.45) is 0.984. The molecule has 2 fully saturated rings. The second-order valence-corrected chi connectivity index (χ2v) is 8.17. The van der Waals surface area contributed by atoms with E-state index in [0.717, 1.165) is 16.9 Å². The molecule has 2 aliphatic rings. The minimum atomic E-state index is -0.694. The molecule has 2 atom stereocenters. The number of ether oxygens (including phenoxy) is 2. The topological polar surface area (TPSA) is 38.8 Å². The van der Waals surface area contributed by atoms with Gasteiger partial charge >= 0.3 is 0 Å². The smallest absolute Gasteiger partial charge is 0.225 e. The Balaban J connectivity index is 1.35. The first-order valence-electron chi connectivity index (χ1n) is 10.2. The Kier molecular flexibility index (Phi) is 4.97. The maximum atomic E-state index is 12.6. The number of fused-ring (bicyclic) bond motifs is 1. The molecule has 3 aromatic rings. The number of carbonyl (C=O) groups is 1. The number of hydrogen-bond acceptors (Lipinski definition) is 3. The first kappa shape index (κ1) is 19.2. The van der Waals surface area contributed by atoms with Crippen LogP contribution in [0.2, 0.25) is 5.02 Å². The van der Waals surface area contributed by atoms with Gasteiger partial charge in [0.2, 0.25) is 5.91 Å². The molecule has 2 saturated heterocycles. The molecule has 152 valence electrons. The van der Waals surface area contributed by atoms with E-state index in [1.54, 1.807) is 12.1 Å². The molecular weight excluding hydrogens is 398 g/mol. The molecule has 2 aliphatic heterocycles. The van der Waals surface area contributed by atoms with Gasteiger partial charge in [0.05, 0.1) is 6.54 Å². The van der Waals surface area contributed by atoms with Crippen LogP contribution in [0.15, 0.2) is 78.9 Å². The molecular formula is C25H22ClNO3. The molecule has 30 heavy (non-hydrogen) atoms. The number of carbonyl (C=O) groups excluding carboxylic acids is 1. The Morgan fingerprint density at radius 3 is 2.40 bits per heavy atom. The third kappa shape index (κ3) is 3.47. The second kappa shape index (κ2) is 7.78. The second-order valence-electron chi connectivity index (χ2n) is 7.74. The number of nitrogens with zero attached hydrogens (tertiary/aromatic N) is 1. The van der Waals surface area contributed by atoms with Crippen LogP contribution in [-0.2, 0) is 15.3 Å². The van der Waals surface area contributed by atoms with Crippen LogP contribution >= 0.6 is 11.6 Å². The zero-order chi connectivity index (χ0) is 20.6. The van der Waals surface area contributed by atoms with Gasteiger partial charge in [0, 0.05) is 23.4 Å². The van der Waals surface area contributed by atoms with Crippen molar-refractivity contribution in [3.8, 4) is 16.9 Å². The molecule has 0 aliphatic carbocycles. The van der Waals surface area contributed by atoms with Crippen LogP contribution in [0, 0.1) is 0 Å². The molecule has 5 rings (SSSR count). The van der Waals surface area contributed by atoms with E-state index in [0.29, 0.717) is 31.0 Å². The molecule has 0 aromatic heterocycles. The van der Waals surface area contributed by atoms with Crippen LogP contribution in [0.1, 0.15) is 18.4 Å². The summed E-state index contributed by atoms with van der Waals surface area (Å²) < 4.78 is 12.4. The molecule has 4 nitrogen and oxygen atoms in total. The van der Waals surface area contributed by atoms with Crippen molar-refractivity contribution in [1.82, 2.24) is 4.90 Å². The monoisotopic (exact) mass is 419 g/mol. The van der Waals surface area contributed by atoms with Crippen LogP contribution in [-0.4, -0.2) is 30.1 Å². The lowest BCUT2D eigenvalue weighted by Gasteiger charge is -2.31.